The lowest BCUT2D eigenvalue weighted by molar-refractivity contribution is -0.113. The molecule has 0 aliphatic heterocycles. The van der Waals surface area contributed by atoms with Gasteiger partial charge in [0.2, 0.25) is 0 Å². The highest BCUT2D eigenvalue weighted by Crippen LogP contribution is 2.58. The minimum absolute atomic E-state index is 0.231. The van der Waals surface area contributed by atoms with Gasteiger partial charge in [0, 0.05) is 5.92 Å². The van der Waals surface area contributed by atoms with E-state index in [-0.39, 0.29) is 5.92 Å². The first kappa shape index (κ1) is 11.9. The topological polar surface area (TPSA) is 17.1 Å². The van der Waals surface area contributed by atoms with Crippen molar-refractivity contribution in [1.82, 2.24) is 0 Å². The van der Waals surface area contributed by atoms with Crippen molar-refractivity contribution in [2.24, 2.45) is 0 Å². The maximum atomic E-state index is 12.3. The normalized spacial score (nSPS) is 28.9. The molecule has 1 aliphatic rings. The first-order chi connectivity index (χ1) is 7.36. The molecule has 1 unspecified atom stereocenters. The number of alkyl halides is 1. The minimum atomic E-state index is -1.78. The highest BCUT2D eigenvalue weighted by Gasteiger charge is 2.61. The molecule has 16 heavy (non-hydrogen) atoms. The molecule has 1 nitrogen and oxygen atoms in total. The first-order valence-electron chi connectivity index (χ1n) is 5.64. The summed E-state index contributed by atoms with van der Waals surface area (Å²) in [6, 6.07) is 10.1. The summed E-state index contributed by atoms with van der Waals surface area (Å²) in [6.07, 6.45) is 0.807. The van der Waals surface area contributed by atoms with Crippen LogP contribution < -0.4 is 0 Å². The molecule has 3 heteroatoms. The molecule has 0 radical (unpaired) electrons. The Kier molecular flexibility index (Phi) is 2.75. The van der Waals surface area contributed by atoms with E-state index in [4.69, 9.17) is 11.6 Å². The maximum absolute atomic E-state index is 12.3. The zero-order valence-electron chi connectivity index (χ0n) is 9.96. The van der Waals surface area contributed by atoms with Crippen LogP contribution in [0.5, 0.6) is 0 Å². The van der Waals surface area contributed by atoms with Crippen LogP contribution in [0.1, 0.15) is 17.9 Å². The molecule has 0 heterocycles. The molecule has 86 valence electrons. The van der Waals surface area contributed by atoms with Crippen LogP contribution >= 0.6 is 11.6 Å². The number of hydrogen-bond acceptors (Lipinski definition) is 1. The van der Waals surface area contributed by atoms with E-state index in [9.17, 15) is 4.79 Å². The third kappa shape index (κ3) is 1.96. The summed E-state index contributed by atoms with van der Waals surface area (Å²) in [7, 11) is -1.78. The van der Waals surface area contributed by atoms with Gasteiger partial charge in [-0.25, -0.2) is 0 Å². The number of benzene rings is 1. The van der Waals surface area contributed by atoms with Gasteiger partial charge < -0.3 is 4.79 Å². The summed E-state index contributed by atoms with van der Waals surface area (Å²) < 4.78 is 0. The fourth-order valence-electron chi connectivity index (χ4n) is 2.18. The average Bonchev–Trinajstić information content (AvgIpc) is 2.91. The van der Waals surface area contributed by atoms with Crippen molar-refractivity contribution in [3.8, 4) is 0 Å². The molecule has 0 aromatic heterocycles. The van der Waals surface area contributed by atoms with E-state index in [2.05, 4.69) is 31.8 Å². The SMILES string of the molecule is C[Si](C)(C)C(=O)C1(Cl)C[C@@H]1c1ccccc1. The zero-order chi connectivity index (χ0) is 12.0. The molecule has 1 aromatic rings. The second kappa shape index (κ2) is 3.71. The monoisotopic (exact) mass is 252 g/mol. The lowest BCUT2D eigenvalue weighted by Gasteiger charge is -2.19. The lowest BCUT2D eigenvalue weighted by atomic mass is 10.1. The van der Waals surface area contributed by atoms with Gasteiger partial charge in [-0.2, -0.15) is 0 Å². The van der Waals surface area contributed by atoms with Crippen LogP contribution in [-0.2, 0) is 4.79 Å². The van der Waals surface area contributed by atoms with Crippen molar-refractivity contribution in [3.05, 3.63) is 35.9 Å². The second-order valence-electron chi connectivity index (χ2n) is 5.61. The van der Waals surface area contributed by atoms with E-state index in [1.165, 1.54) is 5.56 Å². The molecule has 1 aliphatic carbocycles. The van der Waals surface area contributed by atoms with E-state index >= 15 is 0 Å². The second-order valence-corrected chi connectivity index (χ2v) is 11.2. The Morgan fingerprint density at radius 3 is 2.38 bits per heavy atom. The number of halogens is 1. The summed E-state index contributed by atoms with van der Waals surface area (Å²) in [5.41, 5.74) is 1.20. The number of carbonyl (C=O) groups is 1. The van der Waals surface area contributed by atoms with E-state index in [0.717, 1.165) is 6.42 Å². The van der Waals surface area contributed by atoms with Gasteiger partial charge in [-0.15, -0.1) is 11.6 Å². The maximum Gasteiger partial charge on any atom is 0.132 e. The van der Waals surface area contributed by atoms with E-state index < -0.39 is 12.9 Å². The largest absolute Gasteiger partial charge is 0.303 e. The van der Waals surface area contributed by atoms with Gasteiger partial charge >= 0.3 is 0 Å². The molecule has 0 spiro atoms. The van der Waals surface area contributed by atoms with Crippen LogP contribution in [0, 0.1) is 0 Å². The van der Waals surface area contributed by atoms with Gasteiger partial charge in [0.15, 0.2) is 0 Å². The predicted molar refractivity (Wildman–Crippen MR) is 70.7 cm³/mol. The van der Waals surface area contributed by atoms with Crippen LogP contribution in [-0.4, -0.2) is 18.4 Å². The molecular formula is C13H17ClOSi. The summed E-state index contributed by atoms with van der Waals surface area (Å²) in [5, 5.41) is 0.301. The van der Waals surface area contributed by atoms with Crippen molar-refractivity contribution in [1.29, 1.82) is 0 Å². The Morgan fingerprint density at radius 1 is 1.31 bits per heavy atom. The minimum Gasteiger partial charge on any atom is -0.303 e. The van der Waals surface area contributed by atoms with Gasteiger partial charge in [0.1, 0.15) is 18.4 Å². The van der Waals surface area contributed by atoms with E-state index in [1.807, 2.05) is 18.2 Å². The predicted octanol–water partition coefficient (Wildman–Crippen LogP) is 3.60. The Balaban J connectivity index is 2.19. The molecule has 0 saturated heterocycles. The standard InChI is InChI=1S/C13H17ClOSi/c1-16(2,3)12(15)13(14)9-11(13)10-7-5-4-6-8-10/h4-8,11H,9H2,1-3H3/t11-,13?/m1/s1. The Bertz CT molecular complexity index is 410. The molecule has 1 fully saturated rings. The Morgan fingerprint density at radius 2 is 1.88 bits per heavy atom. The van der Waals surface area contributed by atoms with Crippen LogP contribution in [0.15, 0.2) is 30.3 Å². The molecule has 0 bridgehead atoms. The molecular weight excluding hydrogens is 236 g/mol. The van der Waals surface area contributed by atoms with E-state index in [1.54, 1.807) is 0 Å². The van der Waals surface area contributed by atoms with Crippen molar-refractivity contribution in [3.63, 3.8) is 0 Å². The van der Waals surface area contributed by atoms with Gasteiger partial charge in [-0.3, -0.25) is 0 Å². The third-order valence-corrected chi connectivity index (χ3v) is 5.71. The van der Waals surface area contributed by atoms with Crippen molar-refractivity contribution < 1.29 is 4.79 Å². The van der Waals surface area contributed by atoms with Crippen molar-refractivity contribution in [2.75, 3.05) is 0 Å². The smallest absolute Gasteiger partial charge is 0.132 e. The third-order valence-electron chi connectivity index (χ3n) is 3.15. The number of hydrogen-bond donors (Lipinski definition) is 0. The van der Waals surface area contributed by atoms with Crippen LogP contribution in [0.2, 0.25) is 19.6 Å². The van der Waals surface area contributed by atoms with Crippen LogP contribution in [0.3, 0.4) is 0 Å². The number of carbonyl (C=O) groups excluding carboxylic acids is 1. The number of rotatable bonds is 3. The lowest BCUT2D eigenvalue weighted by Crippen LogP contribution is -2.41. The van der Waals surface area contributed by atoms with Crippen LogP contribution in [0.4, 0.5) is 0 Å². The molecule has 2 rings (SSSR count). The van der Waals surface area contributed by atoms with Crippen LogP contribution in [0.25, 0.3) is 0 Å². The average molecular weight is 253 g/mol. The quantitative estimate of drug-likeness (QED) is 0.594. The summed E-state index contributed by atoms with van der Waals surface area (Å²) in [6.45, 7) is 6.21. The first-order valence-corrected chi connectivity index (χ1v) is 9.52. The molecule has 1 saturated carbocycles. The molecule has 0 amide bonds. The highest BCUT2D eigenvalue weighted by atomic mass is 35.5. The summed E-state index contributed by atoms with van der Waals surface area (Å²) in [5.74, 6) is 0.231. The highest BCUT2D eigenvalue weighted by molar-refractivity contribution is 7.06. The van der Waals surface area contributed by atoms with Gasteiger partial charge in [0.25, 0.3) is 0 Å². The summed E-state index contributed by atoms with van der Waals surface area (Å²) >= 11 is 6.47. The molecule has 2 atom stereocenters. The Hall–Kier alpha value is -0.603. The Labute approximate surface area is 103 Å². The summed E-state index contributed by atoms with van der Waals surface area (Å²) in [4.78, 5) is 11.7. The molecule has 1 aromatic carbocycles. The van der Waals surface area contributed by atoms with E-state index in [0.29, 0.717) is 5.41 Å². The fraction of sp³-hybridized carbons (Fsp3) is 0.462. The zero-order valence-corrected chi connectivity index (χ0v) is 11.7. The fourth-order valence-corrected chi connectivity index (χ4v) is 4.83. The van der Waals surface area contributed by atoms with Gasteiger partial charge in [-0.05, 0) is 12.0 Å². The molecule has 0 N–H and O–H groups in total. The van der Waals surface area contributed by atoms with Gasteiger partial charge in [-0.1, -0.05) is 50.0 Å². The van der Waals surface area contributed by atoms with Gasteiger partial charge in [0.05, 0.1) is 0 Å². The van der Waals surface area contributed by atoms with Crippen molar-refractivity contribution in [2.45, 2.75) is 36.9 Å². The van der Waals surface area contributed by atoms with Crippen molar-refractivity contribution >= 4 is 25.1 Å².